The first-order valence-electron chi connectivity index (χ1n) is 11.3. The zero-order chi connectivity index (χ0) is 24.3. The lowest BCUT2D eigenvalue weighted by molar-refractivity contribution is 0.166. The van der Waals surface area contributed by atoms with Gasteiger partial charge in [-0.3, -0.25) is 15.3 Å². The molecule has 1 fully saturated rings. The molecule has 34 heavy (non-hydrogen) atoms. The number of likely N-dealkylation sites (tertiary alicyclic amines) is 1. The zero-order valence-corrected chi connectivity index (χ0v) is 20.7. The molecule has 3 aromatic rings. The van der Waals surface area contributed by atoms with E-state index < -0.39 is 0 Å². The number of rotatable bonds is 4. The molecule has 0 atom stereocenters. The van der Waals surface area contributed by atoms with Crippen molar-refractivity contribution in [1.29, 1.82) is 5.26 Å². The van der Waals surface area contributed by atoms with Crippen molar-refractivity contribution >= 4 is 28.7 Å². The third-order valence-electron chi connectivity index (χ3n) is 6.05. The van der Waals surface area contributed by atoms with Gasteiger partial charge in [-0.25, -0.2) is 9.78 Å². The molecule has 1 aromatic carbocycles. The van der Waals surface area contributed by atoms with Crippen LogP contribution in [0.5, 0.6) is 0 Å². The number of nitriles is 1. The zero-order valence-electron chi connectivity index (χ0n) is 19.9. The summed E-state index contributed by atoms with van der Waals surface area (Å²) in [6.07, 6.45) is 3.16. The molecule has 174 valence electrons. The summed E-state index contributed by atoms with van der Waals surface area (Å²) in [5, 5.41) is 12.9. The molecule has 1 N–H and O–H groups in total. The van der Waals surface area contributed by atoms with Crippen LogP contribution in [0.3, 0.4) is 0 Å². The Kier molecular flexibility index (Phi) is 6.75. The summed E-state index contributed by atoms with van der Waals surface area (Å²) in [5.74, 6) is 0. The summed E-state index contributed by atoms with van der Waals surface area (Å²) in [4.78, 5) is 29.2. The molecule has 0 aliphatic carbocycles. The summed E-state index contributed by atoms with van der Waals surface area (Å²) >= 11 is 1.46. The first-order chi connectivity index (χ1) is 16.3. The number of aryl methyl sites for hydroxylation is 2. The van der Waals surface area contributed by atoms with Gasteiger partial charge in [-0.05, 0) is 62.9 Å². The van der Waals surface area contributed by atoms with Gasteiger partial charge in [0.1, 0.15) is 0 Å². The van der Waals surface area contributed by atoms with E-state index in [1.165, 1.54) is 11.3 Å². The minimum atomic E-state index is -0.359. The largest absolute Gasteiger partial charge is 0.324 e. The number of pyridine rings is 1. The molecule has 1 saturated heterocycles. The number of hydrogen-bond donors (Lipinski definition) is 1. The molecule has 1 aliphatic heterocycles. The smallest absolute Gasteiger partial charge is 0.323 e. The molecule has 0 radical (unpaired) electrons. The third-order valence-corrected chi connectivity index (χ3v) is 7.07. The standard InChI is InChI=1S/C26H28N6OS/c1-17-12-21(13-18(2)29-17)23-22(20-7-5-6-19(14-20)15-28-4)30-24(34-23)31-25(33)32-10-8-26(3,16-27)9-11-32/h5-7,12-15H,8-11H2,1-4H3,(H,30,31,33)/b28-15-. The molecule has 3 heterocycles. The molecule has 0 unspecified atom stereocenters. The number of hydrogen-bond acceptors (Lipinski definition) is 6. The second kappa shape index (κ2) is 9.74. The van der Waals surface area contributed by atoms with Crippen LogP contribution in [-0.4, -0.2) is 47.3 Å². The van der Waals surface area contributed by atoms with Crippen LogP contribution in [-0.2, 0) is 0 Å². The quantitative estimate of drug-likeness (QED) is 0.493. The topological polar surface area (TPSA) is 94.3 Å². The summed E-state index contributed by atoms with van der Waals surface area (Å²) in [7, 11) is 1.75. The van der Waals surface area contributed by atoms with Crippen LogP contribution >= 0.6 is 11.3 Å². The molecule has 2 amide bonds. The summed E-state index contributed by atoms with van der Waals surface area (Å²) in [5.41, 5.74) is 5.28. The maximum Gasteiger partial charge on any atom is 0.323 e. The molecule has 8 heteroatoms. The van der Waals surface area contributed by atoms with Crippen molar-refractivity contribution in [2.45, 2.75) is 33.6 Å². The number of nitrogens with zero attached hydrogens (tertiary/aromatic N) is 5. The average Bonchev–Trinajstić information content (AvgIpc) is 3.23. The molecule has 0 spiro atoms. The first-order valence-corrected chi connectivity index (χ1v) is 12.1. The molecule has 0 bridgehead atoms. The average molecular weight is 473 g/mol. The van der Waals surface area contributed by atoms with Crippen LogP contribution in [0, 0.1) is 30.6 Å². The van der Waals surface area contributed by atoms with Crippen molar-refractivity contribution in [3.05, 3.63) is 53.3 Å². The van der Waals surface area contributed by atoms with Crippen molar-refractivity contribution in [3.63, 3.8) is 0 Å². The highest BCUT2D eigenvalue weighted by Crippen LogP contribution is 2.40. The van der Waals surface area contributed by atoms with Crippen LogP contribution in [0.25, 0.3) is 21.7 Å². The highest BCUT2D eigenvalue weighted by Gasteiger charge is 2.32. The van der Waals surface area contributed by atoms with Crippen LogP contribution in [0.4, 0.5) is 9.93 Å². The lowest BCUT2D eigenvalue weighted by Gasteiger charge is -2.34. The van der Waals surface area contributed by atoms with E-state index in [0.717, 1.165) is 38.6 Å². The van der Waals surface area contributed by atoms with E-state index in [2.05, 4.69) is 21.4 Å². The van der Waals surface area contributed by atoms with Crippen LogP contribution in [0.1, 0.15) is 36.7 Å². The van der Waals surface area contributed by atoms with Crippen LogP contribution in [0.2, 0.25) is 0 Å². The fourth-order valence-electron chi connectivity index (χ4n) is 4.13. The predicted octanol–water partition coefficient (Wildman–Crippen LogP) is 5.70. The van der Waals surface area contributed by atoms with E-state index in [9.17, 15) is 10.1 Å². The SMILES string of the molecule is C/N=C\c1cccc(-c2nc(NC(=O)N3CCC(C)(C#N)CC3)sc2-c2cc(C)nc(C)c2)c1. The van der Waals surface area contributed by atoms with Gasteiger partial charge >= 0.3 is 6.03 Å². The summed E-state index contributed by atoms with van der Waals surface area (Å²) in [6, 6.07) is 14.3. The number of piperidine rings is 1. The third kappa shape index (κ3) is 5.15. The number of carbonyl (C=O) groups excluding carboxylic acids is 1. The number of thiazole rings is 1. The molecule has 4 rings (SSSR count). The molecule has 7 nitrogen and oxygen atoms in total. The van der Waals surface area contributed by atoms with Gasteiger partial charge in [-0.2, -0.15) is 5.26 Å². The van der Waals surface area contributed by atoms with Gasteiger partial charge in [0.05, 0.1) is 22.1 Å². The molecule has 1 aliphatic rings. The van der Waals surface area contributed by atoms with Gasteiger partial charge in [0.2, 0.25) is 0 Å². The Labute approximate surface area is 204 Å². The Morgan fingerprint density at radius 2 is 1.88 bits per heavy atom. The number of aliphatic imine (C=N–C) groups is 1. The van der Waals surface area contributed by atoms with Crippen molar-refractivity contribution in [1.82, 2.24) is 14.9 Å². The van der Waals surface area contributed by atoms with Crippen LogP contribution < -0.4 is 5.32 Å². The Balaban J connectivity index is 1.68. The normalized spacial score (nSPS) is 15.3. The molecule has 2 aromatic heterocycles. The molecular weight excluding hydrogens is 444 g/mol. The van der Waals surface area contributed by atoms with Gasteiger partial charge in [-0.15, -0.1) is 0 Å². The number of benzene rings is 1. The van der Waals surface area contributed by atoms with Gasteiger partial charge in [0, 0.05) is 43.3 Å². The lowest BCUT2D eigenvalue weighted by atomic mass is 9.82. The Morgan fingerprint density at radius 1 is 1.18 bits per heavy atom. The molecular formula is C26H28N6OS. The Bertz CT molecular complexity index is 1260. The van der Waals surface area contributed by atoms with Crippen LogP contribution in [0.15, 0.2) is 41.4 Å². The predicted molar refractivity (Wildman–Crippen MR) is 137 cm³/mol. The van der Waals surface area contributed by atoms with Crippen molar-refractivity contribution in [2.24, 2.45) is 10.4 Å². The van der Waals surface area contributed by atoms with E-state index >= 15 is 0 Å². The highest BCUT2D eigenvalue weighted by atomic mass is 32.1. The van der Waals surface area contributed by atoms with Gasteiger partial charge in [0.25, 0.3) is 0 Å². The Hall–Kier alpha value is -3.57. The summed E-state index contributed by atoms with van der Waals surface area (Å²) in [6.45, 7) is 7.02. The number of nitrogens with one attached hydrogen (secondary N) is 1. The van der Waals surface area contributed by atoms with Crippen molar-refractivity contribution in [3.8, 4) is 27.8 Å². The fraction of sp³-hybridized carbons (Fsp3) is 0.346. The molecule has 0 saturated carbocycles. The Morgan fingerprint density at radius 3 is 2.53 bits per heavy atom. The number of amides is 2. The maximum atomic E-state index is 13.0. The highest BCUT2D eigenvalue weighted by molar-refractivity contribution is 7.19. The number of aromatic nitrogens is 2. The minimum absolute atomic E-state index is 0.180. The van der Waals surface area contributed by atoms with E-state index in [-0.39, 0.29) is 11.4 Å². The monoisotopic (exact) mass is 472 g/mol. The van der Waals surface area contributed by atoms with E-state index in [1.54, 1.807) is 11.9 Å². The number of anilines is 1. The summed E-state index contributed by atoms with van der Waals surface area (Å²) < 4.78 is 0. The van der Waals surface area contributed by atoms with Crippen molar-refractivity contribution in [2.75, 3.05) is 25.5 Å². The second-order valence-corrected chi connectivity index (χ2v) is 9.94. The first kappa shape index (κ1) is 23.6. The number of urea groups is 1. The van der Waals surface area contributed by atoms with Crippen molar-refractivity contribution < 1.29 is 4.79 Å². The van der Waals surface area contributed by atoms with Gasteiger partial charge in [-0.1, -0.05) is 29.5 Å². The van der Waals surface area contributed by atoms with E-state index in [1.807, 2.05) is 63.4 Å². The van der Waals surface area contributed by atoms with E-state index in [0.29, 0.717) is 31.1 Å². The number of carbonyl (C=O) groups is 1. The fourth-order valence-corrected chi connectivity index (χ4v) is 5.10. The second-order valence-electron chi connectivity index (χ2n) is 8.94. The van der Waals surface area contributed by atoms with E-state index in [4.69, 9.17) is 4.98 Å². The minimum Gasteiger partial charge on any atom is -0.324 e. The van der Waals surface area contributed by atoms with Gasteiger partial charge < -0.3 is 4.90 Å². The van der Waals surface area contributed by atoms with Gasteiger partial charge in [0.15, 0.2) is 5.13 Å². The maximum absolute atomic E-state index is 13.0. The lowest BCUT2D eigenvalue weighted by Crippen LogP contribution is -2.43.